The second kappa shape index (κ2) is 18.0. The molecule has 18 heteroatoms. The molecule has 0 aliphatic heterocycles. The molecule has 0 fully saturated rings. The molecular formula is C18H32B4N8O4S2. The SMILES string of the molecule is CB(O)N=C(N=CB=O)NCc1csc(CN)c1.CB(O)N=C(NCc1cc(CN)cs1)NB(C)O. The fourth-order valence-electron chi connectivity index (χ4n) is 2.53. The van der Waals surface area contributed by atoms with Crippen molar-refractivity contribution in [3.05, 3.63) is 43.8 Å². The minimum Gasteiger partial charge on any atom is -0.433 e. The number of nitrogens with one attached hydrogen (secondary N) is 3. The van der Waals surface area contributed by atoms with E-state index >= 15 is 0 Å². The summed E-state index contributed by atoms with van der Waals surface area (Å²) in [6.45, 7) is 6.75. The van der Waals surface area contributed by atoms with Crippen LogP contribution in [0.5, 0.6) is 0 Å². The van der Waals surface area contributed by atoms with Gasteiger partial charge in [0.2, 0.25) is 0 Å². The second-order valence-corrected chi connectivity index (χ2v) is 9.38. The first-order valence-corrected chi connectivity index (χ1v) is 12.9. The first kappa shape index (κ1) is 31.7. The second-order valence-electron chi connectivity index (χ2n) is 7.39. The van der Waals surface area contributed by atoms with Crippen LogP contribution in [-0.4, -0.2) is 61.4 Å². The van der Waals surface area contributed by atoms with Gasteiger partial charge >= 0.3 is 124 Å². The summed E-state index contributed by atoms with van der Waals surface area (Å²) in [5.41, 5.74) is 13.2. The van der Waals surface area contributed by atoms with E-state index in [0.717, 1.165) is 27.0 Å². The van der Waals surface area contributed by atoms with Crippen molar-refractivity contribution in [3.8, 4) is 0 Å². The molecule has 0 aromatic carbocycles. The Hall–Kier alpha value is -2.33. The van der Waals surface area contributed by atoms with Crippen molar-refractivity contribution < 1.29 is 19.8 Å². The summed E-state index contributed by atoms with van der Waals surface area (Å²) < 4.78 is 10.2. The largest absolute Gasteiger partial charge is 0.433 e. The fraction of sp³-hybridized carbons (Fsp3) is 0.389. The third-order valence-electron chi connectivity index (χ3n) is 3.96. The summed E-state index contributed by atoms with van der Waals surface area (Å²) in [6, 6.07) is 4.00. The quantitative estimate of drug-likeness (QED) is 0.111. The van der Waals surface area contributed by atoms with Crippen LogP contribution in [-0.2, 0) is 30.9 Å². The van der Waals surface area contributed by atoms with E-state index in [4.69, 9.17) is 16.5 Å². The summed E-state index contributed by atoms with van der Waals surface area (Å²) in [6.07, 6.45) is 1.08. The summed E-state index contributed by atoms with van der Waals surface area (Å²) in [7, 11) is -1.89. The third-order valence-corrected chi connectivity index (χ3v) is 5.96. The summed E-state index contributed by atoms with van der Waals surface area (Å²) in [5.74, 6) is 0.584. The zero-order chi connectivity index (χ0) is 26.9. The van der Waals surface area contributed by atoms with Gasteiger partial charge in [-0.2, -0.15) is 0 Å². The summed E-state index contributed by atoms with van der Waals surface area (Å²) >= 11 is 3.19. The first-order chi connectivity index (χ1) is 17.2. The van der Waals surface area contributed by atoms with E-state index in [-0.39, 0.29) is 5.96 Å². The molecule has 192 valence electrons. The molecule has 0 unspecified atom stereocenters. The van der Waals surface area contributed by atoms with Crippen molar-refractivity contribution >= 4 is 69.0 Å². The number of nitrogens with zero attached hydrogens (tertiary/aromatic N) is 3. The first-order valence-electron chi connectivity index (χ1n) is 11.1. The molecule has 10 N–H and O–H groups in total. The maximum Gasteiger partial charge on any atom is 0.431 e. The average Bonchev–Trinajstić information content (AvgIpc) is 3.48. The minimum absolute atomic E-state index is 0.220. The van der Waals surface area contributed by atoms with E-state index in [1.54, 1.807) is 36.3 Å². The molecular weight excluding hydrogens is 500 g/mol. The normalized spacial score (nSPS) is 11.4. The molecule has 36 heavy (non-hydrogen) atoms. The number of nitrogens with two attached hydrogens (primary N) is 2. The Morgan fingerprint density at radius 1 is 0.972 bits per heavy atom. The van der Waals surface area contributed by atoms with Crippen LogP contribution in [0.15, 0.2) is 37.7 Å². The van der Waals surface area contributed by atoms with Gasteiger partial charge in [0.1, 0.15) is 0 Å². The van der Waals surface area contributed by atoms with Gasteiger partial charge in [-0.15, -0.1) is 11.3 Å². The molecule has 0 amide bonds. The number of rotatable bonds is 10. The standard InChI is InChI=1S/C9H18B2N4O2S.C9H14B2N4O2S/c1-10(16)14-9(15-11(2)17)13-5-8-3-7(4-12)6-18-8;1-11(17)15-9(14-6-10-16)13-4-7-2-8(3-12)18-5-7/h3,6,16-17H,4-5,12H2,1-2H3,(H2,13,14,15);2,5-6,17H,3-4,12H2,1H3,(H,13,15). The van der Waals surface area contributed by atoms with Gasteiger partial charge in [0.05, 0.1) is 6.54 Å². The van der Waals surface area contributed by atoms with E-state index in [1.165, 1.54) is 6.82 Å². The van der Waals surface area contributed by atoms with Crippen LogP contribution in [0.25, 0.3) is 0 Å². The molecule has 12 nitrogen and oxygen atoms in total. The van der Waals surface area contributed by atoms with Crippen LogP contribution in [0.3, 0.4) is 0 Å². The molecule has 0 saturated heterocycles. The van der Waals surface area contributed by atoms with Gasteiger partial charge in [0.15, 0.2) is 5.96 Å². The number of aliphatic imine (C=N–C) groups is 1. The Labute approximate surface area is 221 Å². The minimum atomic E-state index is -0.877. The average molecular weight is 532 g/mol. The number of thiophene rings is 2. The van der Waals surface area contributed by atoms with Crippen LogP contribution in [0.1, 0.15) is 20.9 Å². The Balaban J connectivity index is 0.000000360. The summed E-state index contributed by atoms with van der Waals surface area (Å²) in [4.78, 5) is 13.8. The molecule has 2 heterocycles. The predicted molar refractivity (Wildman–Crippen MR) is 153 cm³/mol. The van der Waals surface area contributed by atoms with Crippen molar-refractivity contribution in [1.29, 1.82) is 0 Å². The molecule has 0 saturated carbocycles. The van der Waals surface area contributed by atoms with E-state index in [2.05, 4.69) is 30.7 Å². The molecule has 0 spiro atoms. The molecule has 0 aliphatic rings. The molecule has 2 aromatic heterocycles. The van der Waals surface area contributed by atoms with Gasteiger partial charge in [-0.1, -0.05) is 0 Å². The zero-order valence-electron chi connectivity index (χ0n) is 20.6. The topological polar surface area (TPSA) is 203 Å². The molecule has 2 aromatic rings. The van der Waals surface area contributed by atoms with Crippen molar-refractivity contribution in [2.45, 2.75) is 46.6 Å². The van der Waals surface area contributed by atoms with Crippen molar-refractivity contribution in [1.82, 2.24) is 15.9 Å². The number of hydrogen-bond donors (Lipinski definition) is 8. The van der Waals surface area contributed by atoms with Gasteiger partial charge in [-0.05, 0) is 30.7 Å². The van der Waals surface area contributed by atoms with E-state index < -0.39 is 21.2 Å². The van der Waals surface area contributed by atoms with Gasteiger partial charge in [0, 0.05) is 11.4 Å². The molecule has 0 radical (unpaired) electrons. The Morgan fingerprint density at radius 3 is 2.14 bits per heavy atom. The summed E-state index contributed by atoms with van der Waals surface area (Å²) in [5, 5.41) is 40.3. The van der Waals surface area contributed by atoms with Gasteiger partial charge in [0.25, 0.3) is 0 Å². The molecule has 2 rings (SSSR count). The Morgan fingerprint density at radius 2 is 1.61 bits per heavy atom. The Kier molecular flexibility index (Phi) is 15.8. The molecule has 0 bridgehead atoms. The van der Waals surface area contributed by atoms with Gasteiger partial charge in [-0.25, -0.2) is 0 Å². The van der Waals surface area contributed by atoms with Crippen molar-refractivity contribution in [2.75, 3.05) is 0 Å². The van der Waals surface area contributed by atoms with Crippen LogP contribution in [0.4, 0.5) is 0 Å². The number of guanidine groups is 2. The molecule has 0 aliphatic carbocycles. The van der Waals surface area contributed by atoms with E-state index in [1.807, 2.05) is 22.9 Å². The van der Waals surface area contributed by atoms with Crippen LogP contribution in [0.2, 0.25) is 20.5 Å². The molecule has 0 atom stereocenters. The van der Waals surface area contributed by atoms with Crippen molar-refractivity contribution in [2.24, 2.45) is 26.3 Å². The monoisotopic (exact) mass is 532 g/mol. The smallest absolute Gasteiger partial charge is 0.431 e. The van der Waals surface area contributed by atoms with Crippen LogP contribution < -0.4 is 27.3 Å². The van der Waals surface area contributed by atoms with Crippen molar-refractivity contribution in [3.63, 3.8) is 0 Å². The van der Waals surface area contributed by atoms with E-state index in [0.29, 0.717) is 39.3 Å². The van der Waals surface area contributed by atoms with Gasteiger partial charge < -0.3 is 26.3 Å². The number of hydrogen-bond acceptors (Lipinski definition) is 10. The van der Waals surface area contributed by atoms with Gasteiger partial charge in [-0.3, -0.25) is 4.90 Å². The Bertz CT molecular complexity index is 1000. The van der Waals surface area contributed by atoms with Crippen LogP contribution >= 0.6 is 22.7 Å². The fourth-order valence-corrected chi connectivity index (χ4v) is 4.14. The maximum absolute atomic E-state index is 10.2. The third kappa shape index (κ3) is 14.3. The maximum atomic E-state index is 10.2. The zero-order valence-corrected chi connectivity index (χ0v) is 22.2. The predicted octanol–water partition coefficient (Wildman–Crippen LogP) is -0.697. The van der Waals surface area contributed by atoms with Crippen LogP contribution in [0, 0.1) is 0 Å². The van der Waals surface area contributed by atoms with E-state index in [9.17, 15) is 14.8 Å².